The second kappa shape index (κ2) is 7.43. The maximum Gasteiger partial charge on any atom is 0.260 e. The third kappa shape index (κ3) is 3.93. The molecule has 0 bridgehead atoms. The van der Waals surface area contributed by atoms with Crippen molar-refractivity contribution in [1.29, 1.82) is 0 Å². The van der Waals surface area contributed by atoms with Crippen LogP contribution in [0.2, 0.25) is 0 Å². The highest BCUT2D eigenvalue weighted by molar-refractivity contribution is 7.91. The average Bonchev–Trinajstić information content (AvgIpc) is 3.33. The number of imidazole rings is 1. The van der Waals surface area contributed by atoms with E-state index in [2.05, 4.69) is 20.6 Å². The van der Waals surface area contributed by atoms with Crippen molar-refractivity contribution in [2.45, 2.75) is 32.9 Å². The van der Waals surface area contributed by atoms with Gasteiger partial charge >= 0.3 is 0 Å². The Morgan fingerprint density at radius 2 is 2.14 bits per heavy atom. The molecule has 1 aliphatic rings. The quantitative estimate of drug-likeness (QED) is 0.501. The lowest BCUT2D eigenvalue weighted by Crippen LogP contribution is -2.22. The first-order chi connectivity index (χ1) is 13.8. The highest BCUT2D eigenvalue weighted by Crippen LogP contribution is 2.26. The number of para-hydroxylation sites is 2. The van der Waals surface area contributed by atoms with Gasteiger partial charge in [0, 0.05) is 11.3 Å². The van der Waals surface area contributed by atoms with Gasteiger partial charge in [0.15, 0.2) is 9.84 Å². The summed E-state index contributed by atoms with van der Waals surface area (Å²) in [5, 5.41) is 8.55. The molecule has 1 atom stereocenters. The molecule has 2 aromatic heterocycles. The van der Waals surface area contributed by atoms with Crippen molar-refractivity contribution in [3.8, 4) is 0 Å². The van der Waals surface area contributed by atoms with Crippen LogP contribution in [-0.4, -0.2) is 51.4 Å². The summed E-state index contributed by atoms with van der Waals surface area (Å²) in [6.07, 6.45) is 3.75. The third-order valence-corrected chi connectivity index (χ3v) is 6.91. The maximum absolute atomic E-state index is 12.2. The molecule has 4 rings (SSSR count). The van der Waals surface area contributed by atoms with E-state index in [1.165, 1.54) is 0 Å². The van der Waals surface area contributed by atoms with Gasteiger partial charge in [-0.3, -0.25) is 9.48 Å². The molecular weight excluding hydrogens is 392 g/mol. The lowest BCUT2D eigenvalue weighted by molar-refractivity contribution is -0.121. The minimum absolute atomic E-state index is 0.106. The molecule has 1 fully saturated rings. The second-order valence-corrected chi connectivity index (χ2v) is 9.47. The minimum atomic E-state index is -2.99. The molecule has 29 heavy (non-hydrogen) atoms. The van der Waals surface area contributed by atoms with Crippen molar-refractivity contribution < 1.29 is 13.2 Å². The molecule has 9 nitrogen and oxygen atoms in total. The van der Waals surface area contributed by atoms with Crippen molar-refractivity contribution in [2.24, 2.45) is 5.10 Å². The number of aromatic nitrogens is 4. The van der Waals surface area contributed by atoms with Gasteiger partial charge in [-0.15, -0.1) is 0 Å². The number of benzene rings is 1. The van der Waals surface area contributed by atoms with Gasteiger partial charge in [0.05, 0.1) is 46.8 Å². The van der Waals surface area contributed by atoms with Crippen LogP contribution in [0.1, 0.15) is 29.4 Å². The molecule has 3 heterocycles. The Labute approximate surface area is 168 Å². The molecule has 0 aliphatic carbocycles. The lowest BCUT2D eigenvalue weighted by atomic mass is 10.2. The van der Waals surface area contributed by atoms with Crippen LogP contribution in [0.5, 0.6) is 0 Å². The van der Waals surface area contributed by atoms with E-state index < -0.39 is 9.84 Å². The molecular formula is C19H22N6O3S. The number of sulfone groups is 1. The summed E-state index contributed by atoms with van der Waals surface area (Å²) in [6.45, 7) is 3.83. The summed E-state index contributed by atoms with van der Waals surface area (Å²) in [5.41, 5.74) is 6.60. The Bertz CT molecular complexity index is 1210. The molecule has 1 N–H and O–H groups in total. The number of amides is 1. The Hall–Kier alpha value is -3.01. The Balaban J connectivity index is 1.43. The summed E-state index contributed by atoms with van der Waals surface area (Å²) in [4.78, 5) is 16.5. The number of hydrogen-bond acceptors (Lipinski definition) is 6. The monoisotopic (exact) mass is 414 g/mol. The van der Waals surface area contributed by atoms with E-state index in [1.807, 2.05) is 38.1 Å². The van der Waals surface area contributed by atoms with Crippen LogP contribution in [-0.2, 0) is 21.2 Å². The summed E-state index contributed by atoms with van der Waals surface area (Å²) in [6, 6.07) is 7.44. The third-order valence-electron chi connectivity index (χ3n) is 5.16. The van der Waals surface area contributed by atoms with Crippen LogP contribution in [0.3, 0.4) is 0 Å². The van der Waals surface area contributed by atoms with Gasteiger partial charge in [-0.25, -0.2) is 18.8 Å². The largest absolute Gasteiger partial charge is 0.321 e. The minimum Gasteiger partial charge on any atom is -0.321 e. The summed E-state index contributed by atoms with van der Waals surface area (Å²) >= 11 is 0. The molecule has 10 heteroatoms. The summed E-state index contributed by atoms with van der Waals surface area (Å²) < 4.78 is 27.0. The zero-order valence-corrected chi connectivity index (χ0v) is 17.1. The Kier molecular flexibility index (Phi) is 4.95. The van der Waals surface area contributed by atoms with Crippen molar-refractivity contribution in [3.63, 3.8) is 0 Å². The number of nitrogens with zero attached hydrogens (tertiary/aromatic N) is 5. The normalized spacial score (nSPS) is 18.6. The maximum atomic E-state index is 12.2. The molecule has 0 saturated carbocycles. The van der Waals surface area contributed by atoms with Gasteiger partial charge in [0.2, 0.25) is 0 Å². The van der Waals surface area contributed by atoms with Crippen LogP contribution in [0.4, 0.5) is 0 Å². The molecule has 1 aromatic carbocycles. The number of hydrogen-bond donors (Lipinski definition) is 1. The summed E-state index contributed by atoms with van der Waals surface area (Å²) in [5.74, 6) is 0.0357. The molecule has 3 aromatic rings. The number of hydrazone groups is 1. The van der Waals surface area contributed by atoms with Crippen LogP contribution >= 0.6 is 0 Å². The fourth-order valence-corrected chi connectivity index (χ4v) is 5.37. The lowest BCUT2D eigenvalue weighted by Gasteiger charge is -2.10. The van der Waals surface area contributed by atoms with Crippen LogP contribution < -0.4 is 5.43 Å². The zero-order chi connectivity index (χ0) is 20.6. The van der Waals surface area contributed by atoms with Gasteiger partial charge in [0.25, 0.3) is 5.91 Å². The van der Waals surface area contributed by atoms with Crippen LogP contribution in [0.15, 0.2) is 35.7 Å². The first-order valence-corrected chi connectivity index (χ1v) is 11.1. The zero-order valence-electron chi connectivity index (χ0n) is 16.2. The Morgan fingerprint density at radius 3 is 2.90 bits per heavy atom. The van der Waals surface area contributed by atoms with Crippen LogP contribution in [0, 0.1) is 13.8 Å². The first-order valence-electron chi connectivity index (χ1n) is 9.32. The van der Waals surface area contributed by atoms with Crippen molar-refractivity contribution in [2.75, 3.05) is 11.5 Å². The number of nitrogens with one attached hydrogen (secondary N) is 1. The molecule has 0 spiro atoms. The standard InChI is InChI=1S/C19H22N6O3S/c1-13-16(14(2)25(23-13)15-7-8-29(27,28)11-15)9-21-22-19(26)10-24-12-20-17-5-3-4-6-18(17)24/h3-6,9,12,15H,7-8,10-11H2,1-2H3,(H,22,26)/b21-9-/t15-/m1/s1. The number of fused-ring (bicyclic) bond motifs is 1. The van der Waals surface area contributed by atoms with Gasteiger partial charge in [-0.2, -0.15) is 10.2 Å². The second-order valence-electron chi connectivity index (χ2n) is 7.24. The fraction of sp³-hybridized carbons (Fsp3) is 0.368. The fourth-order valence-electron chi connectivity index (χ4n) is 3.68. The van der Waals surface area contributed by atoms with E-state index in [4.69, 9.17) is 0 Å². The molecule has 1 saturated heterocycles. The topological polar surface area (TPSA) is 111 Å². The molecule has 0 radical (unpaired) electrons. The SMILES string of the molecule is Cc1nn([C@@H]2CCS(=O)(=O)C2)c(C)c1/C=N\NC(=O)Cn1cnc2ccccc21. The van der Waals surface area contributed by atoms with E-state index in [0.29, 0.717) is 6.42 Å². The Morgan fingerprint density at radius 1 is 1.34 bits per heavy atom. The van der Waals surface area contributed by atoms with Gasteiger partial charge < -0.3 is 4.57 Å². The average molecular weight is 414 g/mol. The predicted molar refractivity (Wildman–Crippen MR) is 109 cm³/mol. The first kappa shape index (κ1) is 19.3. The highest BCUT2D eigenvalue weighted by Gasteiger charge is 2.31. The molecule has 0 unspecified atom stereocenters. The van der Waals surface area contributed by atoms with Crippen molar-refractivity contribution >= 4 is 33.0 Å². The summed E-state index contributed by atoms with van der Waals surface area (Å²) in [7, 11) is -2.99. The van der Waals surface area contributed by atoms with E-state index in [-0.39, 0.29) is 30.0 Å². The van der Waals surface area contributed by atoms with Crippen LogP contribution in [0.25, 0.3) is 11.0 Å². The van der Waals surface area contributed by atoms with Gasteiger partial charge in [-0.1, -0.05) is 12.1 Å². The van der Waals surface area contributed by atoms with E-state index >= 15 is 0 Å². The smallest absolute Gasteiger partial charge is 0.260 e. The molecule has 1 aliphatic heterocycles. The number of carbonyl (C=O) groups is 1. The van der Waals surface area contributed by atoms with Crippen molar-refractivity contribution in [1.82, 2.24) is 24.8 Å². The predicted octanol–water partition coefficient (Wildman–Crippen LogP) is 1.36. The van der Waals surface area contributed by atoms with E-state index in [0.717, 1.165) is 28.0 Å². The number of carbonyl (C=O) groups excluding carboxylic acids is 1. The van der Waals surface area contributed by atoms with Crippen molar-refractivity contribution in [3.05, 3.63) is 47.5 Å². The molecule has 1 amide bonds. The highest BCUT2D eigenvalue weighted by atomic mass is 32.2. The van der Waals surface area contributed by atoms with Gasteiger partial charge in [-0.05, 0) is 32.4 Å². The number of rotatable bonds is 5. The number of aryl methyl sites for hydroxylation is 1. The van der Waals surface area contributed by atoms with E-state index in [9.17, 15) is 13.2 Å². The molecule has 152 valence electrons. The van der Waals surface area contributed by atoms with E-state index in [1.54, 1.807) is 21.8 Å². The van der Waals surface area contributed by atoms with Gasteiger partial charge in [0.1, 0.15) is 6.54 Å².